The molecule has 12 atom stereocenters. The minimum atomic E-state index is -6.04. The van der Waals surface area contributed by atoms with Crippen molar-refractivity contribution in [1.29, 1.82) is 0 Å². The number of imidazole rings is 1. The Morgan fingerprint density at radius 1 is 1.12 bits per heavy atom. The number of rotatable bonds is 12. The van der Waals surface area contributed by atoms with Gasteiger partial charge in [0.1, 0.15) is 42.2 Å². The van der Waals surface area contributed by atoms with Gasteiger partial charge in [-0.3, -0.25) is 23.4 Å². The van der Waals surface area contributed by atoms with Crippen LogP contribution >= 0.6 is 23.2 Å². The molecule has 27 nitrogen and oxygen atoms in total. The number of aliphatic hydroxyl groups is 4. The molecule has 6 heterocycles. The highest BCUT2D eigenvalue weighted by Gasteiger charge is 2.57. The van der Waals surface area contributed by atoms with Crippen molar-refractivity contribution in [2.24, 2.45) is 10.7 Å². The number of hydrogen-bond donors (Lipinski definition) is 11. The summed E-state index contributed by atoms with van der Waals surface area (Å²) < 4.78 is 69.2. The zero-order valence-corrected chi connectivity index (χ0v) is 29.5. The summed E-state index contributed by atoms with van der Waals surface area (Å²) in [4.78, 5) is 59.7. The van der Waals surface area contributed by atoms with Crippen molar-refractivity contribution in [2.45, 2.75) is 61.5 Å². The molecule has 2 saturated heterocycles. The number of hydrogen-bond acceptors (Lipinski definition) is 22. The topological polar surface area (TPSA) is 395 Å². The van der Waals surface area contributed by atoms with E-state index in [-0.39, 0.29) is 47.7 Å². The molecule has 0 amide bonds. The van der Waals surface area contributed by atoms with Crippen LogP contribution in [-0.4, -0.2) is 147 Å². The number of fused-ring (bicyclic) bond motifs is 1. The maximum Gasteiger partial charge on any atom is 0.488 e. The summed E-state index contributed by atoms with van der Waals surface area (Å²) in [6.07, 6.45) is -10.7. The zero-order chi connectivity index (χ0) is 38.1. The third-order valence-electron chi connectivity index (χ3n) is 8.31. The summed E-state index contributed by atoms with van der Waals surface area (Å²) >= 11 is 0. The summed E-state index contributed by atoms with van der Waals surface area (Å²) in [5.41, 5.74) is 10.8. The van der Waals surface area contributed by atoms with Crippen LogP contribution in [0.25, 0.3) is 11.2 Å². The number of nitrogens with one attached hydrogen (secondary N) is 2. The van der Waals surface area contributed by atoms with Gasteiger partial charge in [0.15, 0.2) is 35.4 Å². The van der Waals surface area contributed by atoms with Crippen LogP contribution in [0.1, 0.15) is 12.6 Å². The van der Waals surface area contributed by atoms with Crippen molar-refractivity contribution in [2.75, 3.05) is 33.2 Å². The van der Waals surface area contributed by atoms with E-state index in [0.717, 1.165) is 7.11 Å². The minimum absolute atomic E-state index is 0.00596. The first-order chi connectivity index (χ1) is 24.2. The molecule has 0 bridgehead atoms. The number of nitrogens with zero attached hydrogens (tertiary/aromatic N) is 6. The van der Waals surface area contributed by atoms with Gasteiger partial charge < -0.3 is 75.9 Å². The Labute approximate surface area is 290 Å². The lowest BCUT2D eigenvalue weighted by molar-refractivity contribution is -0.0977. The number of phosphoric ester groups is 1. The van der Waals surface area contributed by atoms with E-state index in [2.05, 4.69) is 38.4 Å². The molecule has 290 valence electrons. The van der Waals surface area contributed by atoms with E-state index in [1.807, 2.05) is 0 Å². The maximum absolute atomic E-state index is 13.1. The van der Waals surface area contributed by atoms with Crippen LogP contribution in [0.4, 0.5) is 5.95 Å². The molecule has 2 aromatic rings. The summed E-state index contributed by atoms with van der Waals surface area (Å²) in [5, 5.41) is 45.4. The number of aromatic nitrogens is 4. The van der Waals surface area contributed by atoms with Gasteiger partial charge in [0, 0.05) is 20.6 Å². The summed E-state index contributed by atoms with van der Waals surface area (Å²) in [6.45, 7) is -0.986. The van der Waals surface area contributed by atoms with Gasteiger partial charge in [-0.05, 0) is 0 Å². The van der Waals surface area contributed by atoms with Gasteiger partial charge in [0.05, 0.1) is 25.7 Å². The standard InChI is InChI=1S/C22H35N10O17P3/c1-30-6-32(16-11(30)18(36)29-22(24)27-16)19-12(34)13(44-2)14(47-19)20(37)50(38,39)48-52(42,43)49-51(40,41)45-4-8-7(33)3-9(46-8)31-5-25-10-15(31)26-21(23)28-17(10)35/h5,7-9,12-14,18-20,33-34,36-37H,3-4,6H2,1-2H3,(H,38,39)(H,40,41)(H,42,43)(H3,24,27,29)(H3,23,26,28,35)/t7-,8-,9-,12-,13?,14-,18?,19+,20?/m1/s1. The third kappa shape index (κ3) is 7.37. The Morgan fingerprint density at radius 3 is 2.52 bits per heavy atom. The highest BCUT2D eigenvalue weighted by molar-refractivity contribution is 7.68. The predicted molar refractivity (Wildman–Crippen MR) is 168 cm³/mol. The van der Waals surface area contributed by atoms with E-state index in [1.54, 1.807) is 7.05 Å². The number of likely N-dealkylation sites (N-methyl/N-ethyl adjacent to an activating group) is 1. The van der Waals surface area contributed by atoms with E-state index < -0.39 is 90.5 Å². The molecule has 52 heavy (non-hydrogen) atoms. The molecule has 2 aromatic heterocycles. The van der Waals surface area contributed by atoms with E-state index in [0.29, 0.717) is 0 Å². The molecule has 13 N–H and O–H groups in total. The molecule has 2 fully saturated rings. The monoisotopic (exact) mass is 804 g/mol. The fourth-order valence-electron chi connectivity index (χ4n) is 6.07. The van der Waals surface area contributed by atoms with Crippen molar-refractivity contribution in [3.05, 3.63) is 28.2 Å². The number of nitrogen functional groups attached to an aromatic ring is 1. The number of aliphatic hydroxyl groups excluding tert-OH is 4. The maximum atomic E-state index is 13.1. The second-order valence-electron chi connectivity index (χ2n) is 11.8. The molecule has 6 unspecified atom stereocenters. The molecule has 4 aliphatic heterocycles. The predicted octanol–water partition coefficient (Wildman–Crippen LogP) is -4.18. The zero-order valence-electron chi connectivity index (χ0n) is 26.8. The quantitative estimate of drug-likeness (QED) is 0.0906. The van der Waals surface area contributed by atoms with Crippen LogP contribution in [0.3, 0.4) is 0 Å². The Morgan fingerprint density at radius 2 is 1.83 bits per heavy atom. The smallest absolute Gasteiger partial charge is 0.390 e. The van der Waals surface area contributed by atoms with Crippen molar-refractivity contribution in [3.8, 4) is 0 Å². The Bertz CT molecular complexity index is 1980. The first kappa shape index (κ1) is 38.6. The molecule has 6 rings (SSSR count). The number of methoxy groups -OCH3 is 1. The van der Waals surface area contributed by atoms with Crippen LogP contribution in [0.2, 0.25) is 0 Å². The van der Waals surface area contributed by atoms with Gasteiger partial charge in [-0.15, -0.1) is 0 Å². The summed E-state index contributed by atoms with van der Waals surface area (Å²) in [5.74, 6) is -3.00. The van der Waals surface area contributed by atoms with Crippen molar-refractivity contribution >= 4 is 46.3 Å². The average molecular weight is 804 g/mol. The highest BCUT2D eigenvalue weighted by atomic mass is 31.3. The van der Waals surface area contributed by atoms with Crippen LogP contribution < -0.4 is 22.3 Å². The van der Waals surface area contributed by atoms with Crippen LogP contribution in [0.15, 0.2) is 27.6 Å². The summed E-state index contributed by atoms with van der Waals surface area (Å²) in [6, 6.07) is 0. The lowest BCUT2D eigenvalue weighted by Gasteiger charge is -2.31. The molecule has 0 saturated carbocycles. The fourth-order valence-corrected chi connectivity index (χ4v) is 10.2. The van der Waals surface area contributed by atoms with E-state index in [4.69, 9.17) is 25.7 Å². The molecule has 30 heteroatoms. The number of H-pyrrole nitrogens is 1. The number of ether oxygens (including phenoxy) is 3. The van der Waals surface area contributed by atoms with Gasteiger partial charge in [-0.2, -0.15) is 9.29 Å². The van der Waals surface area contributed by atoms with Crippen LogP contribution in [0.5, 0.6) is 0 Å². The Balaban J connectivity index is 1.08. The normalized spacial score (nSPS) is 33.4. The summed E-state index contributed by atoms with van der Waals surface area (Å²) in [7, 11) is -14.8. The lowest BCUT2D eigenvalue weighted by Crippen LogP contribution is -2.49. The molecule has 4 aliphatic rings. The highest BCUT2D eigenvalue weighted by Crippen LogP contribution is 2.69. The van der Waals surface area contributed by atoms with Gasteiger partial charge >= 0.3 is 23.2 Å². The first-order valence-electron chi connectivity index (χ1n) is 14.9. The van der Waals surface area contributed by atoms with E-state index >= 15 is 0 Å². The average Bonchev–Trinajstić information content (AvgIpc) is 3.77. The molecule has 0 radical (unpaired) electrons. The van der Waals surface area contributed by atoms with Gasteiger partial charge in [0.25, 0.3) is 5.56 Å². The second-order valence-corrected chi connectivity index (χ2v) is 16.9. The molecular weight excluding hydrogens is 769 g/mol. The fraction of sp³-hybridized carbons (Fsp3) is 0.636. The van der Waals surface area contributed by atoms with Crippen molar-refractivity contribution < 1.29 is 76.2 Å². The third-order valence-corrected chi connectivity index (χ3v) is 13.2. The Kier molecular flexibility index (Phi) is 10.4. The van der Waals surface area contributed by atoms with E-state index in [1.165, 1.54) is 20.7 Å². The second kappa shape index (κ2) is 14.0. The first-order valence-corrected chi connectivity index (χ1v) is 19.5. The molecular formula is C22H35N10O17P3. The van der Waals surface area contributed by atoms with Gasteiger partial charge in [0.2, 0.25) is 5.95 Å². The SMILES string of the molecule is COC1[C@H](C(O)P(=O)(O)OP(=O)(O)OP(=O)(O)OC[C@H]2O[C@@H](n3cnc4c(=O)[nH]c(N)nc43)C[C@H]2O)O[C@H](N2CN(C)C3=C2NC(N)=NC3O)[C@@H]1O. The number of phosphoric acid groups is 2. The molecule has 0 aromatic carbocycles. The Hall–Kier alpha value is -3.07. The lowest BCUT2D eigenvalue weighted by atomic mass is 10.1. The van der Waals surface area contributed by atoms with Gasteiger partial charge in [-0.1, -0.05) is 0 Å². The number of anilines is 1. The van der Waals surface area contributed by atoms with Crippen LogP contribution in [-0.2, 0) is 41.1 Å². The largest absolute Gasteiger partial charge is 0.488 e. The number of guanidine groups is 1. The molecule has 0 aliphatic carbocycles. The minimum Gasteiger partial charge on any atom is -0.390 e. The molecule has 0 spiro atoms. The van der Waals surface area contributed by atoms with Crippen molar-refractivity contribution in [1.82, 2.24) is 34.6 Å². The van der Waals surface area contributed by atoms with E-state index in [9.17, 15) is 53.6 Å². The van der Waals surface area contributed by atoms with Gasteiger partial charge in [-0.25, -0.2) is 23.4 Å². The number of aromatic amines is 1. The number of nitrogens with two attached hydrogens (primary N) is 2. The van der Waals surface area contributed by atoms with Crippen LogP contribution in [0, 0.1) is 0 Å². The van der Waals surface area contributed by atoms with Crippen molar-refractivity contribution in [3.63, 3.8) is 0 Å². The number of aliphatic imine (C=N–C) groups is 1.